The van der Waals surface area contributed by atoms with E-state index >= 15 is 0 Å². The van der Waals surface area contributed by atoms with E-state index in [0.29, 0.717) is 25.4 Å². The van der Waals surface area contributed by atoms with Crippen LogP contribution >= 0.6 is 11.3 Å². The minimum absolute atomic E-state index is 0.0108. The van der Waals surface area contributed by atoms with Crippen molar-refractivity contribution in [2.75, 3.05) is 29.5 Å². The van der Waals surface area contributed by atoms with Crippen LogP contribution in [0, 0.1) is 6.92 Å². The van der Waals surface area contributed by atoms with Crippen LogP contribution in [0.25, 0.3) is 0 Å². The highest BCUT2D eigenvalue weighted by Crippen LogP contribution is 2.36. The van der Waals surface area contributed by atoms with Crippen LogP contribution in [0.5, 0.6) is 0 Å². The number of nitrogens with zero attached hydrogens (tertiary/aromatic N) is 5. The molecule has 162 valence electrons. The molecule has 3 aliphatic heterocycles. The summed E-state index contributed by atoms with van der Waals surface area (Å²) in [5.41, 5.74) is 2.22. The van der Waals surface area contributed by atoms with Crippen molar-refractivity contribution in [2.45, 2.75) is 57.1 Å². The van der Waals surface area contributed by atoms with Gasteiger partial charge >= 0.3 is 6.18 Å². The predicted octanol–water partition coefficient (Wildman–Crippen LogP) is 2.37. The lowest BCUT2D eigenvalue weighted by molar-refractivity contribution is -0.152. The molecule has 2 saturated heterocycles. The minimum atomic E-state index is -4.40. The number of hydrogen-bond acceptors (Lipinski definition) is 7. The fourth-order valence-electron chi connectivity index (χ4n) is 4.67. The Hall–Kier alpha value is -2.14. The van der Waals surface area contributed by atoms with Crippen LogP contribution in [0.2, 0.25) is 0 Å². The molecule has 0 spiro atoms. The van der Waals surface area contributed by atoms with Crippen LogP contribution in [0.15, 0.2) is 16.4 Å². The average molecular weight is 441 g/mol. The van der Waals surface area contributed by atoms with Gasteiger partial charge in [0, 0.05) is 37.0 Å². The number of ether oxygens (including phenoxy) is 1. The van der Waals surface area contributed by atoms with Gasteiger partial charge in [-0.25, -0.2) is 4.98 Å². The molecule has 0 amide bonds. The highest BCUT2D eigenvalue weighted by Gasteiger charge is 2.47. The highest BCUT2D eigenvalue weighted by molar-refractivity contribution is 7.09. The maximum absolute atomic E-state index is 13.9. The van der Waals surface area contributed by atoms with E-state index in [2.05, 4.69) is 9.97 Å². The van der Waals surface area contributed by atoms with Gasteiger partial charge in [0.2, 0.25) is 5.95 Å². The first-order valence-corrected chi connectivity index (χ1v) is 10.9. The van der Waals surface area contributed by atoms with Crippen LogP contribution < -0.4 is 15.4 Å². The first kappa shape index (κ1) is 19.8. The Balaban J connectivity index is 1.51. The van der Waals surface area contributed by atoms with Crippen LogP contribution in [-0.4, -0.2) is 58.6 Å². The summed E-state index contributed by atoms with van der Waals surface area (Å²) < 4.78 is 48.6. The predicted molar refractivity (Wildman–Crippen MR) is 106 cm³/mol. The second-order valence-electron chi connectivity index (χ2n) is 8.05. The summed E-state index contributed by atoms with van der Waals surface area (Å²) in [6, 6.07) is -0.0876. The number of morpholine rings is 1. The van der Waals surface area contributed by atoms with Crippen molar-refractivity contribution < 1.29 is 17.9 Å². The number of thiazole rings is 1. The lowest BCUT2D eigenvalue weighted by Gasteiger charge is -2.39. The molecular weight excluding hydrogens is 419 g/mol. The Labute approximate surface area is 175 Å². The second-order valence-corrected chi connectivity index (χ2v) is 8.99. The number of halogens is 3. The Morgan fingerprint density at radius 1 is 1.37 bits per heavy atom. The molecule has 7 nitrogen and oxygen atoms in total. The normalized spacial score (nSPS) is 25.8. The average Bonchev–Trinajstić information content (AvgIpc) is 3.42. The minimum Gasteiger partial charge on any atom is -0.374 e. The number of anilines is 2. The quantitative estimate of drug-likeness (QED) is 0.726. The van der Waals surface area contributed by atoms with E-state index in [-0.39, 0.29) is 43.2 Å². The van der Waals surface area contributed by atoms with Crippen molar-refractivity contribution in [1.29, 1.82) is 0 Å². The number of aryl methyl sites for hydroxylation is 1. The molecule has 0 unspecified atom stereocenters. The van der Waals surface area contributed by atoms with Crippen LogP contribution in [0.4, 0.5) is 24.9 Å². The topological polar surface area (TPSA) is 63.5 Å². The zero-order valence-corrected chi connectivity index (χ0v) is 17.2. The summed E-state index contributed by atoms with van der Waals surface area (Å²) in [5, 5.41) is 0. The van der Waals surface area contributed by atoms with Crippen molar-refractivity contribution in [2.24, 2.45) is 0 Å². The van der Waals surface area contributed by atoms with Crippen LogP contribution in [0.3, 0.4) is 0 Å². The van der Waals surface area contributed by atoms with Crippen molar-refractivity contribution in [3.8, 4) is 0 Å². The first-order chi connectivity index (χ1) is 14.3. The molecule has 3 aliphatic rings. The number of aromatic nitrogens is 3. The zero-order chi connectivity index (χ0) is 21.0. The van der Waals surface area contributed by atoms with Gasteiger partial charge in [-0.2, -0.15) is 18.2 Å². The van der Waals surface area contributed by atoms with E-state index in [1.165, 1.54) is 26.9 Å². The summed E-state index contributed by atoms with van der Waals surface area (Å²) in [6.45, 7) is 3.16. The first-order valence-electron chi connectivity index (χ1n) is 10.0. The van der Waals surface area contributed by atoms with Gasteiger partial charge in [0.25, 0.3) is 5.56 Å². The van der Waals surface area contributed by atoms with Crippen LogP contribution in [0.1, 0.15) is 23.4 Å². The highest BCUT2D eigenvalue weighted by atomic mass is 32.1. The third kappa shape index (κ3) is 3.37. The Morgan fingerprint density at radius 3 is 2.83 bits per heavy atom. The maximum Gasteiger partial charge on any atom is 0.408 e. The molecule has 5 rings (SSSR count). The van der Waals surface area contributed by atoms with Gasteiger partial charge < -0.3 is 14.5 Å². The number of alkyl halides is 3. The van der Waals surface area contributed by atoms with Gasteiger partial charge in [-0.1, -0.05) is 0 Å². The maximum atomic E-state index is 13.9. The van der Waals surface area contributed by atoms with Gasteiger partial charge in [-0.05, 0) is 19.8 Å². The van der Waals surface area contributed by atoms with Crippen molar-refractivity contribution in [1.82, 2.24) is 14.5 Å². The fourth-order valence-corrected chi connectivity index (χ4v) is 5.44. The van der Waals surface area contributed by atoms with Gasteiger partial charge in [0.15, 0.2) is 0 Å². The largest absolute Gasteiger partial charge is 0.408 e. The molecule has 0 N–H and O–H groups in total. The van der Waals surface area contributed by atoms with Crippen molar-refractivity contribution in [3.05, 3.63) is 32.5 Å². The van der Waals surface area contributed by atoms with E-state index in [0.717, 1.165) is 17.0 Å². The van der Waals surface area contributed by atoms with E-state index < -0.39 is 12.2 Å². The standard InChI is InChI=1S/C19H22F3N5O2S/c1-11-14(30-10-23-11)2-4-25-15(19(20,21)22)3-5-26-17(28)7-16(24-18(25)26)27-8-13-6-12(27)9-29-13/h7,10,12-13,15H,2-6,8-9H2,1H3/t12-,13+,15-/m0/s1. The molecule has 0 aliphatic carbocycles. The molecule has 5 heterocycles. The Morgan fingerprint density at radius 2 is 2.20 bits per heavy atom. The van der Waals surface area contributed by atoms with Crippen molar-refractivity contribution in [3.63, 3.8) is 0 Å². The third-order valence-electron chi connectivity index (χ3n) is 6.23. The second kappa shape index (κ2) is 7.23. The molecule has 0 aromatic carbocycles. The van der Waals surface area contributed by atoms with Gasteiger partial charge in [0.05, 0.1) is 30.0 Å². The molecule has 2 aromatic heterocycles. The fraction of sp³-hybridized carbons (Fsp3) is 0.632. The monoisotopic (exact) mass is 441 g/mol. The van der Waals surface area contributed by atoms with Gasteiger partial charge in [0.1, 0.15) is 11.9 Å². The molecule has 3 atom stereocenters. The number of fused-ring (bicyclic) bond motifs is 3. The molecule has 0 radical (unpaired) electrons. The summed E-state index contributed by atoms with van der Waals surface area (Å²) in [6.07, 6.45) is -3.18. The smallest absolute Gasteiger partial charge is 0.374 e. The summed E-state index contributed by atoms with van der Waals surface area (Å²) >= 11 is 1.43. The van der Waals surface area contributed by atoms with Crippen LogP contribution in [-0.2, 0) is 17.7 Å². The lowest BCUT2D eigenvalue weighted by atomic mass is 10.1. The molecular formula is C19H22F3N5O2S. The van der Waals surface area contributed by atoms with Gasteiger partial charge in [-0.3, -0.25) is 9.36 Å². The molecule has 30 heavy (non-hydrogen) atoms. The van der Waals surface area contributed by atoms with E-state index in [4.69, 9.17) is 4.74 Å². The number of hydrogen-bond donors (Lipinski definition) is 0. The van der Waals surface area contributed by atoms with E-state index in [9.17, 15) is 18.0 Å². The van der Waals surface area contributed by atoms with Gasteiger partial charge in [-0.15, -0.1) is 11.3 Å². The zero-order valence-electron chi connectivity index (χ0n) is 16.4. The molecule has 2 aromatic rings. The molecule has 11 heteroatoms. The summed E-state index contributed by atoms with van der Waals surface area (Å²) in [4.78, 5) is 25.8. The molecule has 0 saturated carbocycles. The Kier molecular flexibility index (Phi) is 4.77. The Bertz CT molecular complexity index is 1010. The third-order valence-corrected chi connectivity index (χ3v) is 7.23. The SMILES string of the molecule is Cc1ncsc1CCN1c2nc(N3C[C@H]4C[C@H]3CO4)cc(=O)n2CC[C@H]1C(F)(F)F. The van der Waals surface area contributed by atoms with E-state index in [1.54, 1.807) is 5.51 Å². The molecule has 2 bridgehead atoms. The van der Waals surface area contributed by atoms with E-state index in [1.807, 2.05) is 11.8 Å². The lowest BCUT2D eigenvalue weighted by Crippen LogP contribution is -2.53. The molecule has 2 fully saturated rings. The number of rotatable bonds is 4. The summed E-state index contributed by atoms with van der Waals surface area (Å²) in [5.74, 6) is 0.556. The summed E-state index contributed by atoms with van der Waals surface area (Å²) in [7, 11) is 0. The van der Waals surface area contributed by atoms with Crippen molar-refractivity contribution >= 4 is 23.1 Å².